The highest BCUT2D eigenvalue weighted by Gasteiger charge is 2.17. The molecule has 1 heterocycles. The minimum atomic E-state index is -0.397. The fourth-order valence-electron chi connectivity index (χ4n) is 1.75. The number of ether oxygens (including phenoxy) is 1. The standard InChI is InChI=1S/C12H15ClFN5O/c1-8(15-5-6-20-2)12-16-17-18-19(12)11-7-9(14)3-4-10(11)13/h3-4,7-8,15H,5-6H2,1-2H3. The van der Waals surface area contributed by atoms with Crippen LogP contribution in [0.1, 0.15) is 18.8 Å². The highest BCUT2D eigenvalue weighted by molar-refractivity contribution is 6.32. The molecule has 1 unspecified atom stereocenters. The van der Waals surface area contributed by atoms with Gasteiger partial charge in [0.1, 0.15) is 5.82 Å². The Morgan fingerprint density at radius 1 is 1.50 bits per heavy atom. The lowest BCUT2D eigenvalue weighted by Crippen LogP contribution is -2.25. The van der Waals surface area contributed by atoms with Crippen LogP contribution in [0.3, 0.4) is 0 Å². The molecular formula is C12H15ClFN5O. The lowest BCUT2D eigenvalue weighted by Gasteiger charge is -2.13. The minimum absolute atomic E-state index is 0.125. The quantitative estimate of drug-likeness (QED) is 0.823. The van der Waals surface area contributed by atoms with E-state index in [-0.39, 0.29) is 6.04 Å². The highest BCUT2D eigenvalue weighted by Crippen LogP contribution is 2.23. The van der Waals surface area contributed by atoms with Crippen LogP contribution >= 0.6 is 11.6 Å². The molecule has 1 aromatic carbocycles. The zero-order valence-corrected chi connectivity index (χ0v) is 11.9. The van der Waals surface area contributed by atoms with Crippen molar-refractivity contribution >= 4 is 11.6 Å². The topological polar surface area (TPSA) is 64.9 Å². The van der Waals surface area contributed by atoms with Gasteiger partial charge in [0, 0.05) is 19.7 Å². The molecule has 0 aliphatic heterocycles. The van der Waals surface area contributed by atoms with Gasteiger partial charge in [-0.1, -0.05) is 11.6 Å². The Hall–Kier alpha value is -1.57. The fraction of sp³-hybridized carbons (Fsp3) is 0.417. The monoisotopic (exact) mass is 299 g/mol. The number of halogens is 2. The molecule has 2 rings (SSSR count). The number of methoxy groups -OCH3 is 1. The Balaban J connectivity index is 2.26. The molecule has 0 aliphatic rings. The van der Waals surface area contributed by atoms with Crippen molar-refractivity contribution in [2.75, 3.05) is 20.3 Å². The summed E-state index contributed by atoms with van der Waals surface area (Å²) in [6, 6.07) is 3.93. The number of benzene rings is 1. The van der Waals surface area contributed by atoms with Crippen LogP contribution in [0, 0.1) is 5.82 Å². The molecule has 0 saturated carbocycles. The van der Waals surface area contributed by atoms with Gasteiger partial charge in [-0.2, -0.15) is 4.68 Å². The zero-order chi connectivity index (χ0) is 14.5. The average Bonchev–Trinajstić information content (AvgIpc) is 2.91. The lowest BCUT2D eigenvalue weighted by atomic mass is 10.2. The number of hydrogen-bond donors (Lipinski definition) is 1. The van der Waals surface area contributed by atoms with Crippen LogP contribution in [-0.4, -0.2) is 40.5 Å². The first-order valence-electron chi connectivity index (χ1n) is 6.09. The molecule has 2 aromatic rings. The van der Waals surface area contributed by atoms with Crippen LogP contribution in [-0.2, 0) is 4.74 Å². The molecule has 0 bridgehead atoms. The highest BCUT2D eigenvalue weighted by atomic mass is 35.5. The molecule has 108 valence electrons. The second kappa shape index (κ2) is 6.74. The van der Waals surface area contributed by atoms with Crippen molar-refractivity contribution in [1.82, 2.24) is 25.5 Å². The minimum Gasteiger partial charge on any atom is -0.383 e. The van der Waals surface area contributed by atoms with Crippen molar-refractivity contribution in [2.45, 2.75) is 13.0 Å². The van der Waals surface area contributed by atoms with Gasteiger partial charge in [-0.05, 0) is 29.5 Å². The first-order valence-corrected chi connectivity index (χ1v) is 6.47. The maximum atomic E-state index is 13.3. The van der Waals surface area contributed by atoms with Gasteiger partial charge in [0.05, 0.1) is 23.4 Å². The summed E-state index contributed by atoms with van der Waals surface area (Å²) in [6.45, 7) is 3.14. The van der Waals surface area contributed by atoms with Gasteiger partial charge in [0.2, 0.25) is 0 Å². The van der Waals surface area contributed by atoms with Gasteiger partial charge in [0.25, 0.3) is 0 Å². The maximum absolute atomic E-state index is 13.3. The molecule has 0 saturated heterocycles. The van der Waals surface area contributed by atoms with E-state index >= 15 is 0 Å². The predicted octanol–water partition coefficient (Wildman–Crippen LogP) is 1.75. The van der Waals surface area contributed by atoms with E-state index in [9.17, 15) is 4.39 Å². The van der Waals surface area contributed by atoms with Crippen molar-refractivity contribution in [3.63, 3.8) is 0 Å². The molecule has 1 aromatic heterocycles. The van der Waals surface area contributed by atoms with Gasteiger partial charge in [-0.25, -0.2) is 4.39 Å². The van der Waals surface area contributed by atoms with E-state index in [4.69, 9.17) is 16.3 Å². The molecule has 20 heavy (non-hydrogen) atoms. The first kappa shape index (κ1) is 14.8. The molecule has 6 nitrogen and oxygen atoms in total. The largest absolute Gasteiger partial charge is 0.383 e. The van der Waals surface area contributed by atoms with Crippen molar-refractivity contribution in [3.05, 3.63) is 34.9 Å². The second-order valence-corrected chi connectivity index (χ2v) is 4.62. The molecule has 8 heteroatoms. The molecule has 0 spiro atoms. The summed E-state index contributed by atoms with van der Waals surface area (Å²) in [5, 5.41) is 15.0. The molecule has 0 radical (unpaired) electrons. The molecule has 0 aliphatic carbocycles. The lowest BCUT2D eigenvalue weighted by molar-refractivity contribution is 0.196. The third-order valence-corrected chi connectivity index (χ3v) is 3.09. The fourth-order valence-corrected chi connectivity index (χ4v) is 1.95. The smallest absolute Gasteiger partial charge is 0.173 e. The van der Waals surface area contributed by atoms with Crippen molar-refractivity contribution < 1.29 is 9.13 Å². The van der Waals surface area contributed by atoms with Crippen molar-refractivity contribution in [2.24, 2.45) is 0 Å². The van der Waals surface area contributed by atoms with Crippen LogP contribution in [0.25, 0.3) is 5.69 Å². The number of rotatable bonds is 6. The number of nitrogens with one attached hydrogen (secondary N) is 1. The average molecular weight is 300 g/mol. The number of nitrogens with zero attached hydrogens (tertiary/aromatic N) is 4. The predicted molar refractivity (Wildman–Crippen MR) is 72.4 cm³/mol. The van der Waals surface area contributed by atoms with Gasteiger partial charge >= 0.3 is 0 Å². The molecule has 1 atom stereocenters. The van der Waals surface area contributed by atoms with Crippen LogP contribution in [0.4, 0.5) is 4.39 Å². The van der Waals surface area contributed by atoms with Crippen LogP contribution in [0.5, 0.6) is 0 Å². The summed E-state index contributed by atoms with van der Waals surface area (Å²) in [5.74, 6) is 0.152. The summed E-state index contributed by atoms with van der Waals surface area (Å²) >= 11 is 6.07. The van der Waals surface area contributed by atoms with Crippen LogP contribution < -0.4 is 5.32 Å². The summed E-state index contributed by atoms with van der Waals surface area (Å²) in [6.07, 6.45) is 0. The Morgan fingerprint density at radius 2 is 2.30 bits per heavy atom. The summed E-state index contributed by atoms with van der Waals surface area (Å²) in [5.41, 5.74) is 0.409. The Morgan fingerprint density at radius 3 is 3.05 bits per heavy atom. The third-order valence-electron chi connectivity index (χ3n) is 2.77. The molecule has 0 amide bonds. The third kappa shape index (κ3) is 3.30. The SMILES string of the molecule is COCCNC(C)c1nnnn1-c1cc(F)ccc1Cl. The van der Waals surface area contributed by atoms with Crippen LogP contribution in [0.2, 0.25) is 5.02 Å². The molecule has 1 N–H and O–H groups in total. The Kier molecular flexibility index (Phi) is 4.99. The van der Waals surface area contributed by atoms with Gasteiger partial charge in [0.15, 0.2) is 5.82 Å². The first-order chi connectivity index (χ1) is 9.63. The van der Waals surface area contributed by atoms with E-state index in [0.29, 0.717) is 29.7 Å². The van der Waals surface area contributed by atoms with E-state index in [1.807, 2.05) is 6.92 Å². The van der Waals surface area contributed by atoms with E-state index < -0.39 is 5.82 Å². The van der Waals surface area contributed by atoms with Crippen LogP contribution in [0.15, 0.2) is 18.2 Å². The molecular weight excluding hydrogens is 285 g/mol. The van der Waals surface area contributed by atoms with Gasteiger partial charge < -0.3 is 10.1 Å². The van der Waals surface area contributed by atoms with Gasteiger partial charge in [-0.15, -0.1) is 5.10 Å². The van der Waals surface area contributed by atoms with Gasteiger partial charge in [-0.3, -0.25) is 0 Å². The molecule has 0 fully saturated rings. The van der Waals surface area contributed by atoms with Crippen molar-refractivity contribution in [1.29, 1.82) is 0 Å². The summed E-state index contributed by atoms with van der Waals surface area (Å²) in [7, 11) is 1.63. The second-order valence-electron chi connectivity index (χ2n) is 4.21. The number of aromatic nitrogens is 4. The van der Waals surface area contributed by atoms with E-state index in [1.165, 1.54) is 22.9 Å². The summed E-state index contributed by atoms with van der Waals surface area (Å²) in [4.78, 5) is 0. The van der Waals surface area contributed by atoms with E-state index in [2.05, 4.69) is 20.8 Å². The zero-order valence-electron chi connectivity index (χ0n) is 11.2. The summed E-state index contributed by atoms with van der Waals surface area (Å²) < 4.78 is 19.7. The van der Waals surface area contributed by atoms with E-state index in [1.54, 1.807) is 7.11 Å². The van der Waals surface area contributed by atoms with Crippen molar-refractivity contribution in [3.8, 4) is 5.69 Å². The number of hydrogen-bond acceptors (Lipinski definition) is 5. The van der Waals surface area contributed by atoms with E-state index in [0.717, 1.165) is 0 Å². The number of tetrazole rings is 1. The Bertz CT molecular complexity index is 577. The maximum Gasteiger partial charge on any atom is 0.173 e. The Labute approximate surface area is 120 Å². The normalized spacial score (nSPS) is 12.6.